The lowest BCUT2D eigenvalue weighted by Gasteiger charge is -2.39. The summed E-state index contributed by atoms with van der Waals surface area (Å²) in [6.45, 7) is 13.0. The highest BCUT2D eigenvalue weighted by atomic mass is 15.2. The Hall–Kier alpha value is -0.0800. The van der Waals surface area contributed by atoms with Gasteiger partial charge in [0, 0.05) is 25.2 Å². The number of piperazine rings is 1. The van der Waals surface area contributed by atoms with E-state index in [4.69, 9.17) is 0 Å². The Bertz CT molecular complexity index is 203. The fraction of sp³-hybridized carbons (Fsp3) is 1.00. The molecule has 2 heteroatoms. The van der Waals surface area contributed by atoms with Gasteiger partial charge < -0.3 is 5.32 Å². The maximum Gasteiger partial charge on any atom is 0.0218 e. The van der Waals surface area contributed by atoms with Gasteiger partial charge in [0.1, 0.15) is 0 Å². The second kappa shape index (κ2) is 8.92. The molecule has 0 aromatic heterocycles. The number of nitrogens with zero attached hydrogens (tertiary/aromatic N) is 1. The Morgan fingerprint density at radius 3 is 2.56 bits per heavy atom. The Balaban J connectivity index is 2.09. The van der Waals surface area contributed by atoms with E-state index in [1.54, 1.807) is 0 Å². The van der Waals surface area contributed by atoms with Gasteiger partial charge >= 0.3 is 0 Å². The highest BCUT2D eigenvalue weighted by molar-refractivity contribution is 4.83. The fourth-order valence-corrected chi connectivity index (χ4v) is 2.93. The number of hydrogen-bond donors (Lipinski definition) is 1. The number of hydrogen-bond acceptors (Lipinski definition) is 2. The predicted molar refractivity (Wildman–Crippen MR) is 81.0 cm³/mol. The topological polar surface area (TPSA) is 15.3 Å². The predicted octanol–water partition coefficient (Wildman–Crippen LogP) is 3.67. The van der Waals surface area contributed by atoms with Crippen LogP contribution in [0, 0.1) is 5.92 Å². The first-order valence-corrected chi connectivity index (χ1v) is 8.11. The van der Waals surface area contributed by atoms with Crippen molar-refractivity contribution in [2.24, 2.45) is 5.92 Å². The minimum atomic E-state index is 0.675. The molecule has 2 unspecified atom stereocenters. The van der Waals surface area contributed by atoms with Gasteiger partial charge in [0.05, 0.1) is 0 Å². The molecule has 1 N–H and O–H groups in total. The van der Waals surface area contributed by atoms with Crippen molar-refractivity contribution in [2.45, 2.75) is 78.3 Å². The minimum Gasteiger partial charge on any atom is -0.311 e. The van der Waals surface area contributed by atoms with Crippen molar-refractivity contribution in [3.8, 4) is 0 Å². The van der Waals surface area contributed by atoms with Crippen LogP contribution in [0.1, 0.15) is 66.2 Å². The lowest BCUT2D eigenvalue weighted by molar-refractivity contribution is 0.129. The van der Waals surface area contributed by atoms with Crippen molar-refractivity contribution in [3.63, 3.8) is 0 Å². The molecule has 1 saturated heterocycles. The van der Waals surface area contributed by atoms with Crippen LogP contribution in [0.25, 0.3) is 0 Å². The summed E-state index contributed by atoms with van der Waals surface area (Å²) in [4.78, 5) is 2.71. The SMILES string of the molecule is CCC1CNC(C)CN1CCCCCCC(C)C. The molecule has 0 radical (unpaired) electrons. The Kier molecular flexibility index (Phi) is 7.92. The number of rotatable bonds is 8. The van der Waals surface area contributed by atoms with Crippen molar-refractivity contribution in [1.82, 2.24) is 10.2 Å². The van der Waals surface area contributed by atoms with E-state index >= 15 is 0 Å². The van der Waals surface area contributed by atoms with Crippen LogP contribution in [0.15, 0.2) is 0 Å². The van der Waals surface area contributed by atoms with Crippen molar-refractivity contribution >= 4 is 0 Å². The molecular formula is C16H34N2. The summed E-state index contributed by atoms with van der Waals surface area (Å²) in [5.41, 5.74) is 0. The zero-order chi connectivity index (χ0) is 13.4. The smallest absolute Gasteiger partial charge is 0.0218 e. The summed E-state index contributed by atoms with van der Waals surface area (Å²) in [5.74, 6) is 0.878. The van der Waals surface area contributed by atoms with Crippen LogP contribution >= 0.6 is 0 Å². The standard InChI is InChI=1S/C16H34N2/c1-5-16-12-17-15(4)13-18(16)11-9-7-6-8-10-14(2)3/h14-17H,5-13H2,1-4H3. The van der Waals surface area contributed by atoms with E-state index in [-0.39, 0.29) is 0 Å². The van der Waals surface area contributed by atoms with Gasteiger partial charge in [-0.25, -0.2) is 0 Å². The number of nitrogens with one attached hydrogen (secondary N) is 1. The third-order valence-electron chi connectivity index (χ3n) is 4.17. The van der Waals surface area contributed by atoms with E-state index in [0.717, 1.165) is 12.0 Å². The first-order chi connectivity index (χ1) is 8.63. The molecule has 0 amide bonds. The molecule has 0 bridgehead atoms. The molecular weight excluding hydrogens is 220 g/mol. The quantitative estimate of drug-likeness (QED) is 0.665. The first kappa shape index (κ1) is 16.0. The van der Waals surface area contributed by atoms with Crippen LogP contribution in [0.5, 0.6) is 0 Å². The van der Waals surface area contributed by atoms with Crippen LogP contribution in [-0.4, -0.2) is 36.6 Å². The molecule has 0 spiro atoms. The molecule has 1 fully saturated rings. The summed E-state index contributed by atoms with van der Waals surface area (Å²) in [6.07, 6.45) is 8.35. The van der Waals surface area contributed by atoms with Crippen molar-refractivity contribution in [3.05, 3.63) is 0 Å². The Morgan fingerprint density at radius 2 is 1.89 bits per heavy atom. The van der Waals surface area contributed by atoms with Gasteiger partial charge in [0.2, 0.25) is 0 Å². The second-order valence-electron chi connectivity index (χ2n) is 6.46. The van der Waals surface area contributed by atoms with Gasteiger partial charge in [-0.3, -0.25) is 4.90 Å². The highest BCUT2D eigenvalue weighted by Gasteiger charge is 2.23. The second-order valence-corrected chi connectivity index (χ2v) is 6.46. The van der Waals surface area contributed by atoms with Gasteiger partial charge in [-0.15, -0.1) is 0 Å². The van der Waals surface area contributed by atoms with Crippen molar-refractivity contribution < 1.29 is 0 Å². The maximum atomic E-state index is 3.59. The summed E-state index contributed by atoms with van der Waals surface area (Å²) in [6, 6.07) is 1.45. The molecule has 1 heterocycles. The summed E-state index contributed by atoms with van der Waals surface area (Å²) >= 11 is 0. The molecule has 0 aromatic carbocycles. The van der Waals surface area contributed by atoms with E-state index in [2.05, 4.69) is 37.9 Å². The average Bonchev–Trinajstić information content (AvgIpc) is 2.33. The summed E-state index contributed by atoms with van der Waals surface area (Å²) in [7, 11) is 0. The molecule has 18 heavy (non-hydrogen) atoms. The van der Waals surface area contributed by atoms with Gasteiger partial charge in [-0.1, -0.05) is 46.5 Å². The molecule has 108 valence electrons. The van der Waals surface area contributed by atoms with E-state index in [1.165, 1.54) is 58.2 Å². The Labute approximate surface area is 115 Å². The van der Waals surface area contributed by atoms with Crippen LogP contribution in [0.4, 0.5) is 0 Å². The van der Waals surface area contributed by atoms with E-state index in [1.807, 2.05) is 0 Å². The van der Waals surface area contributed by atoms with Gasteiger partial charge in [-0.05, 0) is 32.2 Å². The van der Waals surface area contributed by atoms with Crippen LogP contribution < -0.4 is 5.32 Å². The molecule has 2 atom stereocenters. The van der Waals surface area contributed by atoms with Gasteiger partial charge in [0.15, 0.2) is 0 Å². The normalized spacial score (nSPS) is 25.8. The first-order valence-electron chi connectivity index (χ1n) is 8.11. The van der Waals surface area contributed by atoms with Crippen LogP contribution in [0.3, 0.4) is 0 Å². The largest absolute Gasteiger partial charge is 0.311 e. The third-order valence-corrected chi connectivity index (χ3v) is 4.17. The molecule has 2 nitrogen and oxygen atoms in total. The monoisotopic (exact) mass is 254 g/mol. The highest BCUT2D eigenvalue weighted by Crippen LogP contribution is 2.13. The third kappa shape index (κ3) is 6.19. The molecule has 0 aliphatic carbocycles. The van der Waals surface area contributed by atoms with E-state index in [9.17, 15) is 0 Å². The lowest BCUT2D eigenvalue weighted by atomic mass is 10.0. The lowest BCUT2D eigenvalue weighted by Crippen LogP contribution is -2.55. The minimum absolute atomic E-state index is 0.675. The zero-order valence-corrected chi connectivity index (χ0v) is 13.0. The molecule has 1 rings (SSSR count). The van der Waals surface area contributed by atoms with Crippen molar-refractivity contribution in [2.75, 3.05) is 19.6 Å². The molecule has 1 aliphatic rings. The summed E-state index contributed by atoms with van der Waals surface area (Å²) < 4.78 is 0. The van der Waals surface area contributed by atoms with Crippen molar-refractivity contribution in [1.29, 1.82) is 0 Å². The van der Waals surface area contributed by atoms with Crippen LogP contribution in [0.2, 0.25) is 0 Å². The molecule has 1 aliphatic heterocycles. The van der Waals surface area contributed by atoms with Gasteiger partial charge in [-0.2, -0.15) is 0 Å². The summed E-state index contributed by atoms with van der Waals surface area (Å²) in [5, 5.41) is 3.59. The Morgan fingerprint density at radius 1 is 1.17 bits per heavy atom. The average molecular weight is 254 g/mol. The van der Waals surface area contributed by atoms with Crippen LogP contribution in [-0.2, 0) is 0 Å². The fourth-order valence-electron chi connectivity index (χ4n) is 2.93. The molecule has 0 saturated carbocycles. The van der Waals surface area contributed by atoms with E-state index in [0.29, 0.717) is 6.04 Å². The number of unbranched alkanes of at least 4 members (excludes halogenated alkanes) is 3. The zero-order valence-electron chi connectivity index (χ0n) is 13.0. The van der Waals surface area contributed by atoms with Gasteiger partial charge in [0.25, 0.3) is 0 Å². The molecule has 0 aromatic rings. The maximum absolute atomic E-state index is 3.59. The van der Waals surface area contributed by atoms with E-state index < -0.39 is 0 Å².